The van der Waals surface area contributed by atoms with Gasteiger partial charge in [-0.2, -0.15) is 18.4 Å². The molecule has 2 aromatic rings. The summed E-state index contributed by atoms with van der Waals surface area (Å²) in [6, 6.07) is 14.3. The van der Waals surface area contributed by atoms with Crippen molar-refractivity contribution in [2.75, 3.05) is 6.54 Å². The zero-order valence-electron chi connectivity index (χ0n) is 17.5. The highest BCUT2D eigenvalue weighted by Gasteiger charge is 2.47. The first kappa shape index (κ1) is 24.8. The fourth-order valence-corrected chi connectivity index (χ4v) is 4.25. The molecular formula is C23H26F3N3OS. The Labute approximate surface area is 185 Å². The topological polar surface area (TPSA) is 70.1 Å². The zero-order chi connectivity index (χ0) is 23.0. The number of benzene rings is 2. The van der Waals surface area contributed by atoms with Crippen LogP contribution in [0.4, 0.5) is 13.2 Å². The number of carbonyl (C=O) groups excluding carboxylic acids is 1. The first-order chi connectivity index (χ1) is 14.6. The Morgan fingerprint density at radius 1 is 1.13 bits per heavy atom. The van der Waals surface area contributed by atoms with Crippen molar-refractivity contribution in [1.82, 2.24) is 4.90 Å². The van der Waals surface area contributed by atoms with Crippen LogP contribution in [0.5, 0.6) is 0 Å². The van der Waals surface area contributed by atoms with Crippen LogP contribution in [0.2, 0.25) is 0 Å². The third kappa shape index (κ3) is 7.30. The molecule has 0 saturated carbocycles. The molecule has 0 bridgehead atoms. The molecular weight excluding hydrogens is 423 g/mol. The molecule has 0 unspecified atom stereocenters. The van der Waals surface area contributed by atoms with Crippen molar-refractivity contribution in [2.45, 2.75) is 49.2 Å². The van der Waals surface area contributed by atoms with Gasteiger partial charge in [-0.3, -0.25) is 9.69 Å². The van der Waals surface area contributed by atoms with E-state index in [0.717, 1.165) is 15.4 Å². The van der Waals surface area contributed by atoms with E-state index in [1.165, 1.54) is 12.1 Å². The minimum atomic E-state index is -4.68. The summed E-state index contributed by atoms with van der Waals surface area (Å²) in [6.07, 6.45) is -4.54. The van der Waals surface area contributed by atoms with Crippen molar-refractivity contribution in [1.29, 1.82) is 5.26 Å². The normalized spacial score (nSPS) is 13.7. The Morgan fingerprint density at radius 3 is 2.23 bits per heavy atom. The van der Waals surface area contributed by atoms with Gasteiger partial charge in [-0.15, -0.1) is 11.8 Å². The molecule has 0 heterocycles. The maximum Gasteiger partial charge on any atom is 0.408 e. The molecule has 0 radical (unpaired) electrons. The van der Waals surface area contributed by atoms with Gasteiger partial charge >= 0.3 is 6.18 Å². The number of halogens is 3. The lowest BCUT2D eigenvalue weighted by atomic mass is 9.96. The smallest absolute Gasteiger partial charge is 0.368 e. The summed E-state index contributed by atoms with van der Waals surface area (Å²) in [4.78, 5) is 13.9. The molecule has 0 fully saturated rings. The summed E-state index contributed by atoms with van der Waals surface area (Å²) >= 11 is 1.59. The van der Waals surface area contributed by atoms with E-state index in [-0.39, 0.29) is 17.9 Å². The summed E-state index contributed by atoms with van der Waals surface area (Å²) in [5, 5.41) is 9.17. The van der Waals surface area contributed by atoms with Crippen LogP contribution in [0, 0.1) is 17.2 Å². The molecule has 0 aliphatic rings. The second-order valence-corrected chi connectivity index (χ2v) is 8.71. The number of hydrogen-bond acceptors (Lipinski definition) is 4. The third-order valence-corrected chi connectivity index (χ3v) is 5.85. The lowest BCUT2D eigenvalue weighted by Gasteiger charge is -2.37. The summed E-state index contributed by atoms with van der Waals surface area (Å²) < 4.78 is 42.3. The number of primary amides is 1. The van der Waals surface area contributed by atoms with E-state index in [2.05, 4.69) is 0 Å². The lowest BCUT2D eigenvalue weighted by molar-refractivity contribution is -0.192. The van der Waals surface area contributed by atoms with Crippen molar-refractivity contribution in [3.8, 4) is 6.07 Å². The Hall–Kier alpha value is -2.50. The minimum absolute atomic E-state index is 0.0220. The predicted octanol–water partition coefficient (Wildman–Crippen LogP) is 5.31. The van der Waals surface area contributed by atoms with Crippen LogP contribution in [0.25, 0.3) is 0 Å². The van der Waals surface area contributed by atoms with Gasteiger partial charge in [0.2, 0.25) is 5.91 Å². The fourth-order valence-electron chi connectivity index (χ4n) is 3.37. The maximum absolute atomic E-state index is 14.1. The van der Waals surface area contributed by atoms with Crippen LogP contribution in [-0.2, 0) is 10.5 Å². The average Bonchev–Trinajstić information content (AvgIpc) is 2.70. The largest absolute Gasteiger partial charge is 0.408 e. The van der Waals surface area contributed by atoms with Crippen molar-refractivity contribution in [3.63, 3.8) is 0 Å². The molecule has 4 nitrogen and oxygen atoms in total. The molecule has 2 atom stereocenters. The number of amides is 1. The van der Waals surface area contributed by atoms with Crippen LogP contribution >= 0.6 is 11.8 Å². The van der Waals surface area contributed by atoms with E-state index in [0.29, 0.717) is 5.75 Å². The van der Waals surface area contributed by atoms with Gasteiger partial charge in [0, 0.05) is 10.6 Å². The number of hydrogen-bond donors (Lipinski definition) is 1. The number of carbonyl (C=O) groups is 1. The molecule has 2 rings (SSSR count). The highest BCUT2D eigenvalue weighted by molar-refractivity contribution is 7.98. The summed E-state index contributed by atoms with van der Waals surface area (Å²) in [5.74, 6) is -0.320. The number of nitrogens with two attached hydrogens (primary N) is 1. The van der Waals surface area contributed by atoms with E-state index < -0.39 is 30.7 Å². The molecule has 0 aromatic heterocycles. The van der Waals surface area contributed by atoms with Gasteiger partial charge in [-0.05, 0) is 35.6 Å². The molecule has 31 heavy (non-hydrogen) atoms. The zero-order valence-corrected chi connectivity index (χ0v) is 18.3. The summed E-state index contributed by atoms with van der Waals surface area (Å²) in [5.41, 5.74) is 6.29. The molecule has 2 aromatic carbocycles. The molecule has 0 saturated heterocycles. The number of thioether (sulfide) groups is 1. The third-order valence-electron chi connectivity index (χ3n) is 4.76. The van der Waals surface area contributed by atoms with E-state index in [4.69, 9.17) is 5.73 Å². The van der Waals surface area contributed by atoms with E-state index in [1.54, 1.807) is 43.8 Å². The van der Waals surface area contributed by atoms with E-state index in [1.807, 2.05) is 30.3 Å². The highest BCUT2D eigenvalue weighted by Crippen LogP contribution is 2.39. The Balaban J connectivity index is 2.31. The number of nitriles is 1. The van der Waals surface area contributed by atoms with Crippen LogP contribution in [0.3, 0.4) is 0 Å². The van der Waals surface area contributed by atoms with Gasteiger partial charge in [0.15, 0.2) is 0 Å². The fraction of sp³-hybridized carbons (Fsp3) is 0.391. The van der Waals surface area contributed by atoms with Crippen molar-refractivity contribution < 1.29 is 18.0 Å². The van der Waals surface area contributed by atoms with Crippen LogP contribution in [0.1, 0.15) is 37.4 Å². The maximum atomic E-state index is 14.1. The van der Waals surface area contributed by atoms with Gasteiger partial charge in [0.1, 0.15) is 6.04 Å². The average molecular weight is 450 g/mol. The van der Waals surface area contributed by atoms with Crippen LogP contribution in [0.15, 0.2) is 59.5 Å². The van der Waals surface area contributed by atoms with Crippen molar-refractivity contribution in [3.05, 3.63) is 65.7 Å². The van der Waals surface area contributed by atoms with Crippen LogP contribution in [-0.4, -0.2) is 29.6 Å². The molecule has 0 spiro atoms. The number of rotatable bonds is 10. The number of nitrogens with zero attached hydrogens (tertiary/aromatic N) is 2. The Bertz CT molecular complexity index is 880. The van der Waals surface area contributed by atoms with Gasteiger partial charge in [0.05, 0.1) is 18.7 Å². The monoisotopic (exact) mass is 449 g/mol. The minimum Gasteiger partial charge on any atom is -0.368 e. The first-order valence-electron chi connectivity index (χ1n) is 9.89. The SMILES string of the molecule is CC(C)C[C@@H](C(N)=O)N(CC#N)[C@@H](c1ccc(CSc2ccccc2)cc1)C(F)(F)F. The number of alkyl halides is 3. The summed E-state index contributed by atoms with van der Waals surface area (Å²) in [7, 11) is 0. The lowest BCUT2D eigenvalue weighted by Crippen LogP contribution is -2.51. The molecule has 0 aliphatic carbocycles. The predicted molar refractivity (Wildman–Crippen MR) is 116 cm³/mol. The molecule has 166 valence electrons. The standard InChI is InChI=1S/C23H26F3N3OS/c1-16(2)14-20(22(28)30)29(13-12-27)21(23(24,25)26)18-10-8-17(9-11-18)15-31-19-6-4-3-5-7-19/h3-11,16,20-21H,13-15H2,1-2H3,(H2,28,30)/t20-,21-/m0/s1. The second kappa shape index (κ2) is 11.2. The molecule has 1 amide bonds. The van der Waals surface area contributed by atoms with Crippen LogP contribution < -0.4 is 5.73 Å². The highest BCUT2D eigenvalue weighted by atomic mass is 32.2. The molecule has 2 N–H and O–H groups in total. The first-order valence-corrected chi connectivity index (χ1v) is 10.9. The van der Waals surface area contributed by atoms with E-state index >= 15 is 0 Å². The Kier molecular flexibility index (Phi) is 8.96. The van der Waals surface area contributed by atoms with Gasteiger partial charge in [-0.1, -0.05) is 56.3 Å². The summed E-state index contributed by atoms with van der Waals surface area (Å²) in [6.45, 7) is 3.03. The van der Waals surface area contributed by atoms with E-state index in [9.17, 15) is 23.2 Å². The second-order valence-electron chi connectivity index (χ2n) is 7.67. The van der Waals surface area contributed by atoms with Gasteiger partial charge in [-0.25, -0.2) is 0 Å². The Morgan fingerprint density at radius 2 is 1.74 bits per heavy atom. The molecule has 8 heteroatoms. The van der Waals surface area contributed by atoms with Crippen molar-refractivity contribution in [2.24, 2.45) is 11.7 Å². The van der Waals surface area contributed by atoms with Gasteiger partial charge < -0.3 is 5.73 Å². The van der Waals surface area contributed by atoms with Gasteiger partial charge in [0.25, 0.3) is 0 Å². The van der Waals surface area contributed by atoms with Crippen molar-refractivity contribution >= 4 is 17.7 Å². The molecule has 0 aliphatic heterocycles. The quantitative estimate of drug-likeness (QED) is 0.394.